The Morgan fingerprint density at radius 2 is 1.88 bits per heavy atom. The standard InChI is InChI=1S/C19H26N2O3/c1-13(2)10-17(22)16(21-18(23)24-19(3,4)5)11-14-6-8-15(12-20)9-7-14/h6-9,13,17,22H,10-11H2,1-5H3/t17-/m1/s1. The van der Waals surface area contributed by atoms with E-state index in [2.05, 4.69) is 11.1 Å². The summed E-state index contributed by atoms with van der Waals surface area (Å²) < 4.78 is 5.22. The summed E-state index contributed by atoms with van der Waals surface area (Å²) in [6, 6.07) is 9.06. The van der Waals surface area contributed by atoms with E-state index in [4.69, 9.17) is 10.00 Å². The number of nitrogens with zero attached hydrogens (tertiary/aromatic N) is 2. The summed E-state index contributed by atoms with van der Waals surface area (Å²) in [4.78, 5) is 16.0. The Morgan fingerprint density at radius 1 is 1.29 bits per heavy atom. The molecule has 1 atom stereocenters. The highest BCUT2D eigenvalue weighted by Crippen LogP contribution is 2.14. The molecule has 5 nitrogen and oxygen atoms in total. The zero-order valence-electron chi connectivity index (χ0n) is 15.0. The third-order valence-corrected chi connectivity index (χ3v) is 3.18. The fourth-order valence-corrected chi connectivity index (χ4v) is 2.12. The molecule has 5 heteroatoms. The topological polar surface area (TPSA) is 82.7 Å². The van der Waals surface area contributed by atoms with Gasteiger partial charge in [-0.2, -0.15) is 10.3 Å². The van der Waals surface area contributed by atoms with Crippen LogP contribution < -0.4 is 0 Å². The number of ether oxygens (including phenoxy) is 1. The maximum absolute atomic E-state index is 12.0. The lowest BCUT2D eigenvalue weighted by Crippen LogP contribution is -2.28. The summed E-state index contributed by atoms with van der Waals surface area (Å²) in [6.45, 7) is 9.30. The maximum Gasteiger partial charge on any atom is 0.434 e. The highest BCUT2D eigenvalue weighted by atomic mass is 16.6. The lowest BCUT2D eigenvalue weighted by atomic mass is 9.97. The molecule has 130 valence electrons. The molecule has 0 aliphatic rings. The maximum atomic E-state index is 12.0. The Kier molecular flexibility index (Phi) is 7.12. The van der Waals surface area contributed by atoms with Crippen molar-refractivity contribution in [1.82, 2.24) is 0 Å². The van der Waals surface area contributed by atoms with Gasteiger partial charge in [0.15, 0.2) is 0 Å². The zero-order valence-corrected chi connectivity index (χ0v) is 15.0. The molecule has 0 aromatic heterocycles. The van der Waals surface area contributed by atoms with Gasteiger partial charge in [0.1, 0.15) is 5.60 Å². The summed E-state index contributed by atoms with van der Waals surface area (Å²) in [5, 5.41) is 19.2. The van der Waals surface area contributed by atoms with Crippen LogP contribution in [0, 0.1) is 17.2 Å². The van der Waals surface area contributed by atoms with Gasteiger partial charge < -0.3 is 9.84 Å². The van der Waals surface area contributed by atoms with Crippen LogP contribution in [-0.2, 0) is 11.2 Å². The van der Waals surface area contributed by atoms with Crippen molar-refractivity contribution >= 4 is 11.8 Å². The van der Waals surface area contributed by atoms with Crippen LogP contribution in [0.1, 0.15) is 52.2 Å². The number of aliphatic hydroxyl groups is 1. The van der Waals surface area contributed by atoms with Crippen LogP contribution in [-0.4, -0.2) is 28.6 Å². The number of carbonyl (C=O) groups is 1. The van der Waals surface area contributed by atoms with Crippen LogP contribution in [0.4, 0.5) is 4.79 Å². The van der Waals surface area contributed by atoms with Crippen LogP contribution in [0.3, 0.4) is 0 Å². The summed E-state index contributed by atoms with van der Waals surface area (Å²) in [6.07, 6.45) is -0.668. The monoisotopic (exact) mass is 330 g/mol. The second-order valence-electron chi connectivity index (χ2n) is 7.21. The highest BCUT2D eigenvalue weighted by Gasteiger charge is 2.20. The number of nitriles is 1. The molecule has 1 N–H and O–H groups in total. The Labute approximate surface area is 144 Å². The molecule has 1 aromatic rings. The number of hydrogen-bond acceptors (Lipinski definition) is 4. The van der Waals surface area contributed by atoms with Gasteiger partial charge in [-0.15, -0.1) is 0 Å². The van der Waals surface area contributed by atoms with Gasteiger partial charge >= 0.3 is 6.09 Å². The number of amides is 1. The molecule has 0 bridgehead atoms. The lowest BCUT2D eigenvalue weighted by Gasteiger charge is -2.19. The minimum Gasteiger partial charge on any atom is -0.442 e. The van der Waals surface area contributed by atoms with Crippen LogP contribution in [0.2, 0.25) is 0 Å². The van der Waals surface area contributed by atoms with Crippen molar-refractivity contribution in [3.8, 4) is 6.07 Å². The van der Waals surface area contributed by atoms with Crippen LogP contribution in [0.5, 0.6) is 0 Å². The molecule has 1 rings (SSSR count). The molecule has 0 aliphatic carbocycles. The van der Waals surface area contributed by atoms with E-state index in [1.165, 1.54) is 0 Å². The van der Waals surface area contributed by atoms with Crippen LogP contribution in [0.15, 0.2) is 29.3 Å². The van der Waals surface area contributed by atoms with Crippen LogP contribution >= 0.6 is 0 Å². The van der Waals surface area contributed by atoms with Crippen molar-refractivity contribution in [3.05, 3.63) is 35.4 Å². The number of rotatable bonds is 5. The van der Waals surface area contributed by atoms with E-state index in [-0.39, 0.29) is 5.92 Å². The van der Waals surface area contributed by atoms with Crippen molar-refractivity contribution in [3.63, 3.8) is 0 Å². The second kappa shape index (κ2) is 8.60. The van der Waals surface area contributed by atoms with Gasteiger partial charge in [-0.3, -0.25) is 0 Å². The first-order valence-electron chi connectivity index (χ1n) is 8.08. The van der Waals surface area contributed by atoms with Gasteiger partial charge in [0.05, 0.1) is 23.4 Å². The molecule has 0 heterocycles. The summed E-state index contributed by atoms with van der Waals surface area (Å²) in [5.41, 5.74) is 1.18. The third kappa shape index (κ3) is 7.38. The number of aliphatic hydroxyl groups excluding tert-OH is 1. The molecular formula is C19H26N2O3. The normalized spacial score (nSPS) is 13.5. The highest BCUT2D eigenvalue weighted by molar-refractivity contribution is 5.97. The van der Waals surface area contributed by atoms with Gasteiger partial charge in [-0.1, -0.05) is 26.0 Å². The van der Waals surface area contributed by atoms with Crippen molar-refractivity contribution in [1.29, 1.82) is 5.26 Å². The molecule has 0 unspecified atom stereocenters. The predicted octanol–water partition coefficient (Wildman–Crippen LogP) is 3.88. The van der Waals surface area contributed by atoms with Gasteiger partial charge in [0.25, 0.3) is 0 Å². The Balaban J connectivity index is 2.99. The number of aliphatic imine (C=N–C) groups is 1. The molecule has 0 spiro atoms. The second-order valence-corrected chi connectivity index (χ2v) is 7.21. The van der Waals surface area contributed by atoms with Crippen molar-refractivity contribution in [2.45, 2.75) is 59.2 Å². The van der Waals surface area contributed by atoms with Gasteiger partial charge in [-0.25, -0.2) is 4.79 Å². The summed E-state index contributed by atoms with van der Waals surface area (Å²) >= 11 is 0. The average molecular weight is 330 g/mol. The van der Waals surface area contributed by atoms with E-state index in [9.17, 15) is 9.90 Å². The predicted molar refractivity (Wildman–Crippen MR) is 94.0 cm³/mol. The fraction of sp³-hybridized carbons (Fsp3) is 0.526. The Hall–Kier alpha value is -2.19. The third-order valence-electron chi connectivity index (χ3n) is 3.18. The van der Waals surface area contributed by atoms with E-state index in [1.807, 2.05) is 13.8 Å². The van der Waals surface area contributed by atoms with E-state index in [0.29, 0.717) is 24.1 Å². The summed E-state index contributed by atoms with van der Waals surface area (Å²) in [5.74, 6) is 0.268. The largest absolute Gasteiger partial charge is 0.442 e. The smallest absolute Gasteiger partial charge is 0.434 e. The van der Waals surface area contributed by atoms with Crippen LogP contribution in [0.25, 0.3) is 0 Å². The Bertz CT molecular complexity index is 619. The van der Waals surface area contributed by atoms with E-state index in [0.717, 1.165) is 5.56 Å². The zero-order chi connectivity index (χ0) is 18.3. The van der Waals surface area contributed by atoms with E-state index >= 15 is 0 Å². The number of benzene rings is 1. The van der Waals surface area contributed by atoms with Gasteiger partial charge in [-0.05, 0) is 50.8 Å². The first kappa shape index (κ1) is 19.9. The quantitative estimate of drug-likeness (QED) is 0.830. The minimum absolute atomic E-state index is 0.268. The Morgan fingerprint density at radius 3 is 2.33 bits per heavy atom. The fourth-order valence-electron chi connectivity index (χ4n) is 2.12. The van der Waals surface area contributed by atoms with Gasteiger partial charge in [0, 0.05) is 6.42 Å². The molecule has 0 radical (unpaired) electrons. The van der Waals surface area contributed by atoms with Crippen molar-refractivity contribution in [2.75, 3.05) is 0 Å². The molecule has 0 saturated carbocycles. The first-order chi connectivity index (χ1) is 11.1. The molecule has 0 aliphatic heterocycles. The van der Waals surface area contributed by atoms with E-state index < -0.39 is 17.8 Å². The summed E-state index contributed by atoms with van der Waals surface area (Å²) in [7, 11) is 0. The van der Waals surface area contributed by atoms with Gasteiger partial charge in [0.2, 0.25) is 0 Å². The molecule has 0 fully saturated rings. The van der Waals surface area contributed by atoms with Crippen molar-refractivity contribution < 1.29 is 14.6 Å². The molecule has 1 aromatic carbocycles. The minimum atomic E-state index is -0.812. The molecule has 1 amide bonds. The molecular weight excluding hydrogens is 304 g/mol. The SMILES string of the molecule is CC(C)C[C@@H](O)C(Cc1ccc(C#N)cc1)=NC(=O)OC(C)(C)C. The molecule has 24 heavy (non-hydrogen) atoms. The van der Waals surface area contributed by atoms with Crippen molar-refractivity contribution in [2.24, 2.45) is 10.9 Å². The van der Waals surface area contributed by atoms with E-state index in [1.54, 1.807) is 45.0 Å². The lowest BCUT2D eigenvalue weighted by molar-refractivity contribution is 0.0600. The molecule has 0 saturated heterocycles. The average Bonchev–Trinajstić information content (AvgIpc) is 2.44. The number of carbonyl (C=O) groups excluding carboxylic acids is 1. The number of hydrogen-bond donors (Lipinski definition) is 1. The first-order valence-corrected chi connectivity index (χ1v) is 8.08.